The molecule has 0 bridgehead atoms. The summed E-state index contributed by atoms with van der Waals surface area (Å²) >= 11 is 0. The van der Waals surface area contributed by atoms with Gasteiger partial charge in [-0.25, -0.2) is 9.51 Å². The van der Waals surface area contributed by atoms with Crippen LogP contribution in [0.1, 0.15) is 28.9 Å². The first-order valence-corrected chi connectivity index (χ1v) is 9.32. The fraction of sp³-hybridized carbons (Fsp3) is 0.111. The van der Waals surface area contributed by atoms with E-state index in [1.165, 1.54) is 18.3 Å². The van der Waals surface area contributed by atoms with E-state index in [4.69, 9.17) is 4.89 Å². The number of rotatable bonds is 6. The predicted molar refractivity (Wildman–Crippen MR) is 101 cm³/mol. The molecular weight excluding hydrogens is 383 g/mol. The number of hydrogen-bond acceptors (Lipinski definition) is 6. The number of nitrogens with zero attached hydrogens (tertiary/aromatic N) is 2. The zero-order chi connectivity index (χ0) is 20.1. The Morgan fingerprint density at radius 3 is 2.57 bits per heavy atom. The van der Waals surface area contributed by atoms with Gasteiger partial charge in [-0.3, -0.25) is 14.6 Å². The van der Waals surface area contributed by atoms with Crippen molar-refractivity contribution in [2.75, 3.05) is 0 Å². The number of benzene rings is 1. The number of aromatic amines is 1. The number of carbonyl (C=O) groups is 1. The van der Waals surface area contributed by atoms with Crippen LogP contribution in [0.4, 0.5) is 0 Å². The van der Waals surface area contributed by atoms with Crippen LogP contribution in [0.25, 0.3) is 11.5 Å². The summed E-state index contributed by atoms with van der Waals surface area (Å²) in [4.78, 5) is 44.2. The van der Waals surface area contributed by atoms with Gasteiger partial charge in [-0.05, 0) is 36.8 Å². The van der Waals surface area contributed by atoms with Crippen molar-refractivity contribution in [1.82, 2.24) is 20.3 Å². The van der Waals surface area contributed by atoms with Gasteiger partial charge in [-0.15, -0.1) is 4.89 Å². The van der Waals surface area contributed by atoms with E-state index < -0.39 is 25.8 Å². The lowest BCUT2D eigenvalue weighted by molar-refractivity contribution is 0.0938. The molecule has 1 amide bonds. The largest absolute Gasteiger partial charge is 0.747 e. The quantitative estimate of drug-likeness (QED) is 0.542. The van der Waals surface area contributed by atoms with Crippen LogP contribution >= 0.6 is 8.25 Å². The molecule has 142 valence electrons. The second kappa shape index (κ2) is 8.51. The van der Waals surface area contributed by atoms with Crippen molar-refractivity contribution in [2.24, 2.45) is 0 Å². The fourth-order valence-electron chi connectivity index (χ4n) is 2.45. The van der Waals surface area contributed by atoms with Gasteiger partial charge in [0, 0.05) is 17.0 Å². The van der Waals surface area contributed by atoms with Crippen LogP contribution in [0.15, 0.2) is 59.7 Å². The Bertz CT molecular complexity index is 1050. The molecule has 9 nitrogen and oxygen atoms in total. The van der Waals surface area contributed by atoms with Gasteiger partial charge >= 0.3 is 8.25 Å². The second-order valence-corrected chi connectivity index (χ2v) is 6.44. The summed E-state index contributed by atoms with van der Waals surface area (Å²) in [5.74, 6) is -0.0720. The topological polar surface area (TPSA) is 134 Å². The van der Waals surface area contributed by atoms with Crippen molar-refractivity contribution >= 4 is 14.2 Å². The van der Waals surface area contributed by atoms with E-state index in [9.17, 15) is 14.2 Å². The molecule has 0 spiro atoms. The third-order valence-corrected chi connectivity index (χ3v) is 4.23. The summed E-state index contributed by atoms with van der Waals surface area (Å²) in [6.07, 6.45) is 2.78. The van der Waals surface area contributed by atoms with E-state index in [1.807, 2.05) is 0 Å². The van der Waals surface area contributed by atoms with Gasteiger partial charge in [0.05, 0.1) is 6.04 Å². The molecule has 1 aromatic carbocycles. The normalized spacial score (nSPS) is 12.1. The van der Waals surface area contributed by atoms with Crippen molar-refractivity contribution in [3.63, 3.8) is 0 Å². The molecule has 0 saturated carbocycles. The smallest absolute Gasteiger partial charge is 0.345 e. The molecule has 10 heteroatoms. The van der Waals surface area contributed by atoms with Crippen molar-refractivity contribution in [3.8, 4) is 17.3 Å². The van der Waals surface area contributed by atoms with Gasteiger partial charge in [-0.2, -0.15) is 0 Å². The van der Waals surface area contributed by atoms with Crippen LogP contribution in [0, 0.1) is 0 Å². The molecule has 0 aliphatic heterocycles. The van der Waals surface area contributed by atoms with Gasteiger partial charge in [0.15, 0.2) is 11.6 Å². The lowest BCUT2D eigenvalue weighted by Gasteiger charge is -2.14. The van der Waals surface area contributed by atoms with Gasteiger partial charge in [-0.1, -0.05) is 18.2 Å². The van der Waals surface area contributed by atoms with Crippen LogP contribution in [0.2, 0.25) is 0 Å². The van der Waals surface area contributed by atoms with Crippen LogP contribution < -0.4 is 15.4 Å². The number of carbonyl (C=O) groups excluding carboxylic acids is 1. The Labute approximate surface area is 160 Å². The van der Waals surface area contributed by atoms with Crippen LogP contribution in [0.3, 0.4) is 0 Å². The molecule has 3 N–H and O–H groups in total. The van der Waals surface area contributed by atoms with Gasteiger partial charge in [0.1, 0.15) is 11.3 Å². The molecule has 2 atom stereocenters. The SMILES string of the molecule is C[C@@H](NC(=O)c1cnc(-c2ccccn2)[nH]c1=O)c1ccc(O[P+](=O)O)cc1. The van der Waals surface area contributed by atoms with E-state index in [1.54, 1.807) is 43.5 Å². The number of hydrogen-bond donors (Lipinski definition) is 3. The summed E-state index contributed by atoms with van der Waals surface area (Å²) in [6.45, 7) is 1.74. The summed E-state index contributed by atoms with van der Waals surface area (Å²) in [5, 5.41) is 2.71. The summed E-state index contributed by atoms with van der Waals surface area (Å²) in [7, 11) is -2.74. The van der Waals surface area contributed by atoms with E-state index in [0.717, 1.165) is 5.56 Å². The highest BCUT2D eigenvalue weighted by atomic mass is 31.1. The minimum Gasteiger partial charge on any atom is -0.345 e. The van der Waals surface area contributed by atoms with E-state index in [2.05, 4.69) is 24.8 Å². The highest BCUT2D eigenvalue weighted by Gasteiger charge is 2.18. The molecule has 1 unspecified atom stereocenters. The maximum Gasteiger partial charge on any atom is 0.747 e. The van der Waals surface area contributed by atoms with Gasteiger partial charge in [0.2, 0.25) is 0 Å². The Morgan fingerprint density at radius 1 is 1.21 bits per heavy atom. The molecular formula is C18H16N4O5P+. The zero-order valence-electron chi connectivity index (χ0n) is 14.7. The molecule has 28 heavy (non-hydrogen) atoms. The fourth-order valence-corrected chi connectivity index (χ4v) is 2.76. The number of amides is 1. The molecule has 0 fully saturated rings. The van der Waals surface area contributed by atoms with Crippen molar-refractivity contribution in [2.45, 2.75) is 13.0 Å². The lowest BCUT2D eigenvalue weighted by Crippen LogP contribution is -2.32. The maximum absolute atomic E-state index is 12.4. The predicted octanol–water partition coefficient (Wildman–Crippen LogP) is 2.35. The maximum atomic E-state index is 12.4. The number of pyridine rings is 1. The monoisotopic (exact) mass is 399 g/mol. The molecule has 3 rings (SSSR count). The number of H-pyrrole nitrogens is 1. The average Bonchev–Trinajstić information content (AvgIpc) is 2.68. The van der Waals surface area contributed by atoms with Gasteiger partial charge < -0.3 is 10.3 Å². The Hall–Kier alpha value is -3.42. The summed E-state index contributed by atoms with van der Waals surface area (Å²) in [6, 6.07) is 11.1. The van der Waals surface area contributed by atoms with Crippen molar-refractivity contribution in [3.05, 3.63) is 76.3 Å². The van der Waals surface area contributed by atoms with E-state index >= 15 is 0 Å². The lowest BCUT2D eigenvalue weighted by atomic mass is 10.1. The first-order chi connectivity index (χ1) is 13.4. The Morgan fingerprint density at radius 2 is 1.96 bits per heavy atom. The molecule has 0 aliphatic carbocycles. The first-order valence-electron chi connectivity index (χ1n) is 8.19. The molecule has 0 aliphatic rings. The minimum atomic E-state index is -2.74. The van der Waals surface area contributed by atoms with Crippen LogP contribution in [-0.2, 0) is 4.57 Å². The number of nitrogens with one attached hydrogen (secondary N) is 2. The zero-order valence-corrected chi connectivity index (χ0v) is 15.6. The van der Waals surface area contributed by atoms with Crippen LogP contribution in [0.5, 0.6) is 5.75 Å². The highest BCUT2D eigenvalue weighted by molar-refractivity contribution is 7.32. The summed E-state index contributed by atoms with van der Waals surface area (Å²) < 4.78 is 15.3. The molecule has 3 aromatic rings. The Kier molecular flexibility index (Phi) is 5.88. The third kappa shape index (κ3) is 4.64. The molecule has 2 aromatic heterocycles. The van der Waals surface area contributed by atoms with Gasteiger partial charge in [0.25, 0.3) is 11.5 Å². The van der Waals surface area contributed by atoms with E-state index in [-0.39, 0.29) is 17.1 Å². The molecule has 2 heterocycles. The van der Waals surface area contributed by atoms with Crippen LogP contribution in [-0.4, -0.2) is 25.8 Å². The molecule has 0 radical (unpaired) electrons. The Balaban J connectivity index is 1.72. The highest BCUT2D eigenvalue weighted by Crippen LogP contribution is 2.24. The first kappa shape index (κ1) is 19.3. The number of aromatic nitrogens is 3. The average molecular weight is 399 g/mol. The minimum absolute atomic E-state index is 0.122. The van der Waals surface area contributed by atoms with E-state index in [0.29, 0.717) is 5.69 Å². The summed E-state index contributed by atoms with van der Waals surface area (Å²) in [5.41, 5.74) is 0.523. The standard InChI is InChI=1S/C18H15N4O5P/c1-11(12-5-7-13(8-6-12)27-28(25)26)21-17(23)14-10-20-16(22-18(14)24)15-4-2-3-9-19-15/h2-11H,1H3,(H2-,20,21,22,23,24,25,26)/p+1/t11-/m1/s1. The molecule has 0 saturated heterocycles. The van der Waals surface area contributed by atoms with Crippen molar-refractivity contribution < 1.29 is 18.8 Å². The third-order valence-electron chi connectivity index (χ3n) is 3.86. The second-order valence-electron chi connectivity index (χ2n) is 5.78. The van der Waals surface area contributed by atoms with Crippen molar-refractivity contribution in [1.29, 1.82) is 0 Å².